The predicted octanol–water partition coefficient (Wildman–Crippen LogP) is 4.00. The molecule has 0 saturated carbocycles. The van der Waals surface area contributed by atoms with E-state index in [-0.39, 0.29) is 12.1 Å². The standard InChI is InChI=1S/C16H22Cl2N2O2/c1-11(13-10-12(17)4-5-14(13)18)19-15(21)20-8-3-6-16(2,22)7-9-20/h4-5,10-11,22H,3,6-9H2,1-2H3,(H,19,21)/t11-,16?/m0/s1. The molecule has 2 rings (SSSR count). The van der Waals surface area contributed by atoms with Gasteiger partial charge in [-0.1, -0.05) is 23.2 Å². The molecule has 2 atom stereocenters. The number of rotatable bonds is 2. The van der Waals surface area contributed by atoms with Crippen LogP contribution in [0.1, 0.15) is 44.7 Å². The number of hydrogen-bond donors (Lipinski definition) is 2. The van der Waals surface area contributed by atoms with Crippen LogP contribution in [-0.2, 0) is 0 Å². The molecule has 1 fully saturated rings. The van der Waals surface area contributed by atoms with Crippen molar-refractivity contribution in [1.82, 2.24) is 10.2 Å². The minimum Gasteiger partial charge on any atom is -0.390 e. The Morgan fingerprint density at radius 1 is 1.36 bits per heavy atom. The summed E-state index contributed by atoms with van der Waals surface area (Å²) < 4.78 is 0. The lowest BCUT2D eigenvalue weighted by atomic mass is 9.98. The quantitative estimate of drug-likeness (QED) is 0.851. The summed E-state index contributed by atoms with van der Waals surface area (Å²) in [6.07, 6.45) is 2.10. The lowest BCUT2D eigenvalue weighted by Crippen LogP contribution is -2.42. The maximum atomic E-state index is 12.4. The molecule has 1 aromatic rings. The second kappa shape index (κ2) is 7.07. The Morgan fingerprint density at radius 2 is 2.09 bits per heavy atom. The molecular formula is C16H22Cl2N2O2. The first-order valence-corrected chi connectivity index (χ1v) is 8.27. The fourth-order valence-electron chi connectivity index (χ4n) is 2.67. The van der Waals surface area contributed by atoms with Gasteiger partial charge in [-0.15, -0.1) is 0 Å². The van der Waals surface area contributed by atoms with E-state index in [2.05, 4.69) is 5.32 Å². The highest BCUT2D eigenvalue weighted by Gasteiger charge is 2.27. The van der Waals surface area contributed by atoms with E-state index in [1.165, 1.54) is 0 Å². The van der Waals surface area contributed by atoms with Crippen LogP contribution >= 0.6 is 23.2 Å². The van der Waals surface area contributed by atoms with Crippen molar-refractivity contribution in [3.63, 3.8) is 0 Å². The van der Waals surface area contributed by atoms with E-state index >= 15 is 0 Å². The molecule has 6 heteroatoms. The van der Waals surface area contributed by atoms with Crippen LogP contribution in [0, 0.1) is 0 Å². The summed E-state index contributed by atoms with van der Waals surface area (Å²) in [4.78, 5) is 14.1. The van der Waals surface area contributed by atoms with Crippen molar-refractivity contribution >= 4 is 29.2 Å². The van der Waals surface area contributed by atoms with E-state index in [4.69, 9.17) is 23.2 Å². The summed E-state index contributed by atoms with van der Waals surface area (Å²) >= 11 is 12.2. The number of benzene rings is 1. The average Bonchev–Trinajstić information content (AvgIpc) is 2.62. The van der Waals surface area contributed by atoms with Gasteiger partial charge in [0.25, 0.3) is 0 Å². The van der Waals surface area contributed by atoms with Crippen molar-refractivity contribution in [2.45, 2.75) is 44.8 Å². The molecule has 0 aliphatic carbocycles. The number of nitrogens with zero attached hydrogens (tertiary/aromatic N) is 1. The Kier molecular flexibility index (Phi) is 5.59. The maximum absolute atomic E-state index is 12.4. The molecular weight excluding hydrogens is 323 g/mol. The minimum absolute atomic E-state index is 0.138. The van der Waals surface area contributed by atoms with Crippen LogP contribution in [0.4, 0.5) is 4.79 Å². The SMILES string of the molecule is C[C@H](NC(=O)N1CCCC(C)(O)CC1)c1cc(Cl)ccc1Cl. The molecule has 122 valence electrons. The van der Waals surface area contributed by atoms with E-state index in [9.17, 15) is 9.90 Å². The third-order valence-corrected chi connectivity index (χ3v) is 4.69. The first kappa shape index (κ1) is 17.4. The van der Waals surface area contributed by atoms with E-state index in [1.54, 1.807) is 23.1 Å². The number of likely N-dealkylation sites (tertiary alicyclic amines) is 1. The molecule has 1 saturated heterocycles. The molecule has 22 heavy (non-hydrogen) atoms. The number of aliphatic hydroxyl groups is 1. The zero-order valence-corrected chi connectivity index (χ0v) is 14.4. The van der Waals surface area contributed by atoms with Crippen LogP contribution in [0.2, 0.25) is 10.0 Å². The van der Waals surface area contributed by atoms with E-state index in [1.807, 2.05) is 13.8 Å². The third-order valence-electron chi connectivity index (χ3n) is 4.12. The highest BCUT2D eigenvalue weighted by atomic mass is 35.5. The van der Waals surface area contributed by atoms with Crippen molar-refractivity contribution < 1.29 is 9.90 Å². The fourth-order valence-corrected chi connectivity index (χ4v) is 3.13. The Labute approximate surface area is 141 Å². The number of hydrogen-bond acceptors (Lipinski definition) is 2. The van der Waals surface area contributed by atoms with Gasteiger partial charge >= 0.3 is 6.03 Å². The van der Waals surface area contributed by atoms with Crippen molar-refractivity contribution in [1.29, 1.82) is 0 Å². The molecule has 0 aromatic heterocycles. The molecule has 1 aromatic carbocycles. The van der Waals surface area contributed by atoms with Crippen molar-refractivity contribution in [3.05, 3.63) is 33.8 Å². The van der Waals surface area contributed by atoms with Crippen molar-refractivity contribution in [2.24, 2.45) is 0 Å². The summed E-state index contributed by atoms with van der Waals surface area (Å²) in [5.41, 5.74) is 0.112. The molecule has 2 N–H and O–H groups in total. The van der Waals surface area contributed by atoms with Gasteiger partial charge in [-0.3, -0.25) is 0 Å². The Balaban J connectivity index is 2.00. The zero-order chi connectivity index (χ0) is 16.3. The molecule has 1 aliphatic heterocycles. The summed E-state index contributed by atoms with van der Waals surface area (Å²) in [7, 11) is 0. The lowest BCUT2D eigenvalue weighted by Gasteiger charge is -2.25. The first-order valence-electron chi connectivity index (χ1n) is 7.51. The number of urea groups is 1. The predicted molar refractivity (Wildman–Crippen MR) is 89.5 cm³/mol. The van der Waals surface area contributed by atoms with Crippen LogP contribution in [0.3, 0.4) is 0 Å². The van der Waals surface area contributed by atoms with Crippen LogP contribution in [0.5, 0.6) is 0 Å². The average molecular weight is 345 g/mol. The Morgan fingerprint density at radius 3 is 2.82 bits per heavy atom. The van der Waals surface area contributed by atoms with Gasteiger partial charge in [-0.05, 0) is 56.9 Å². The van der Waals surface area contributed by atoms with E-state index in [0.717, 1.165) is 12.0 Å². The molecule has 4 nitrogen and oxygen atoms in total. The first-order chi connectivity index (χ1) is 10.3. The smallest absolute Gasteiger partial charge is 0.317 e. The highest BCUT2D eigenvalue weighted by Crippen LogP contribution is 2.27. The molecule has 0 radical (unpaired) electrons. The van der Waals surface area contributed by atoms with Gasteiger partial charge in [0.2, 0.25) is 0 Å². The Bertz CT molecular complexity index is 549. The van der Waals surface area contributed by atoms with Gasteiger partial charge in [-0.25, -0.2) is 4.79 Å². The van der Waals surface area contributed by atoms with Gasteiger partial charge in [0.05, 0.1) is 11.6 Å². The number of amides is 2. The topological polar surface area (TPSA) is 52.6 Å². The summed E-state index contributed by atoms with van der Waals surface area (Å²) in [6.45, 7) is 4.90. The van der Waals surface area contributed by atoms with E-state index < -0.39 is 5.60 Å². The van der Waals surface area contributed by atoms with Gasteiger partial charge in [0.1, 0.15) is 0 Å². The second-order valence-corrected chi connectivity index (χ2v) is 7.02. The van der Waals surface area contributed by atoms with Gasteiger partial charge in [-0.2, -0.15) is 0 Å². The summed E-state index contributed by atoms with van der Waals surface area (Å²) in [6, 6.07) is 4.84. The summed E-state index contributed by atoms with van der Waals surface area (Å²) in [5, 5.41) is 14.2. The fraction of sp³-hybridized carbons (Fsp3) is 0.562. The maximum Gasteiger partial charge on any atom is 0.317 e. The van der Waals surface area contributed by atoms with Gasteiger partial charge in [0, 0.05) is 23.1 Å². The van der Waals surface area contributed by atoms with Crippen molar-refractivity contribution in [3.8, 4) is 0 Å². The number of halogens is 2. The summed E-state index contributed by atoms with van der Waals surface area (Å²) in [5.74, 6) is 0. The van der Waals surface area contributed by atoms with Crippen LogP contribution in [0.25, 0.3) is 0 Å². The van der Waals surface area contributed by atoms with Gasteiger partial charge in [0.15, 0.2) is 0 Å². The highest BCUT2D eigenvalue weighted by molar-refractivity contribution is 6.33. The molecule has 0 bridgehead atoms. The second-order valence-electron chi connectivity index (χ2n) is 6.17. The number of nitrogens with one attached hydrogen (secondary N) is 1. The molecule has 1 unspecified atom stereocenters. The molecule has 1 heterocycles. The van der Waals surface area contributed by atoms with Crippen LogP contribution in [-0.4, -0.2) is 34.7 Å². The largest absolute Gasteiger partial charge is 0.390 e. The van der Waals surface area contributed by atoms with Crippen LogP contribution in [0.15, 0.2) is 18.2 Å². The van der Waals surface area contributed by atoms with Crippen LogP contribution < -0.4 is 5.32 Å². The Hall–Kier alpha value is -0.970. The zero-order valence-electron chi connectivity index (χ0n) is 12.9. The third kappa shape index (κ3) is 4.51. The number of carbonyl (C=O) groups excluding carboxylic acids is 1. The van der Waals surface area contributed by atoms with Crippen molar-refractivity contribution in [2.75, 3.05) is 13.1 Å². The molecule has 2 amide bonds. The minimum atomic E-state index is -0.684. The van der Waals surface area contributed by atoms with E-state index in [0.29, 0.717) is 36.0 Å². The number of carbonyl (C=O) groups is 1. The normalized spacial score (nSPS) is 23.8. The molecule has 1 aliphatic rings. The molecule has 0 spiro atoms. The van der Waals surface area contributed by atoms with Gasteiger partial charge < -0.3 is 15.3 Å². The lowest BCUT2D eigenvalue weighted by molar-refractivity contribution is 0.0456. The monoisotopic (exact) mass is 344 g/mol.